The van der Waals surface area contributed by atoms with E-state index >= 15 is 0 Å². The molecule has 2 N–H and O–H groups in total. The van der Waals surface area contributed by atoms with Gasteiger partial charge in [0.1, 0.15) is 0 Å². The van der Waals surface area contributed by atoms with Crippen molar-refractivity contribution in [1.82, 2.24) is 15.6 Å². The number of carbonyl (C=O) groups excluding carboxylic acids is 1. The molecular weight excluding hydrogens is 346 g/mol. The van der Waals surface area contributed by atoms with Crippen LogP contribution in [-0.2, 0) is 4.79 Å². The quantitative estimate of drug-likeness (QED) is 0.807. The standard InChI is InChI=1S/C21H26ClN3O/c1-15(17-7-5-10-23-14-17)12-20(26)25-21(19-9-2-3-11-24-19)16-6-4-8-18(22)13-16/h2-4,6,8-9,11,13,15,17,21,23H,5,7,10,12,14H2,1H3,(H,25,26). The largest absolute Gasteiger partial charge is 0.344 e. The molecule has 3 atom stereocenters. The highest BCUT2D eigenvalue weighted by Crippen LogP contribution is 2.25. The predicted molar refractivity (Wildman–Crippen MR) is 105 cm³/mol. The zero-order valence-electron chi connectivity index (χ0n) is 15.1. The second-order valence-corrected chi connectivity index (χ2v) is 7.53. The maximum atomic E-state index is 12.7. The Morgan fingerprint density at radius 3 is 2.92 bits per heavy atom. The van der Waals surface area contributed by atoms with Crippen LogP contribution in [0.15, 0.2) is 48.7 Å². The fourth-order valence-corrected chi connectivity index (χ4v) is 3.80. The summed E-state index contributed by atoms with van der Waals surface area (Å²) in [6.45, 7) is 4.27. The molecule has 3 unspecified atom stereocenters. The lowest BCUT2D eigenvalue weighted by Crippen LogP contribution is -2.36. The minimum absolute atomic E-state index is 0.0544. The van der Waals surface area contributed by atoms with Gasteiger partial charge in [0.2, 0.25) is 5.91 Å². The monoisotopic (exact) mass is 371 g/mol. The number of piperidine rings is 1. The molecule has 4 nitrogen and oxygen atoms in total. The number of halogens is 1. The molecule has 0 bridgehead atoms. The fraction of sp³-hybridized carbons (Fsp3) is 0.429. The van der Waals surface area contributed by atoms with Crippen molar-refractivity contribution in [1.29, 1.82) is 0 Å². The molecule has 1 aliphatic heterocycles. The Balaban J connectivity index is 1.72. The molecule has 0 radical (unpaired) electrons. The first-order valence-electron chi connectivity index (χ1n) is 9.30. The van der Waals surface area contributed by atoms with Crippen LogP contribution in [-0.4, -0.2) is 24.0 Å². The summed E-state index contributed by atoms with van der Waals surface area (Å²) in [7, 11) is 0. The number of pyridine rings is 1. The Labute approximate surface area is 160 Å². The van der Waals surface area contributed by atoms with Crippen molar-refractivity contribution in [3.05, 3.63) is 64.9 Å². The number of carbonyl (C=O) groups is 1. The van der Waals surface area contributed by atoms with Gasteiger partial charge in [-0.15, -0.1) is 0 Å². The van der Waals surface area contributed by atoms with Crippen LogP contribution in [0.4, 0.5) is 0 Å². The molecule has 2 heterocycles. The van der Waals surface area contributed by atoms with Gasteiger partial charge in [-0.1, -0.05) is 36.7 Å². The lowest BCUT2D eigenvalue weighted by atomic mass is 9.85. The molecule has 0 spiro atoms. The van der Waals surface area contributed by atoms with Crippen LogP contribution in [0.5, 0.6) is 0 Å². The summed E-state index contributed by atoms with van der Waals surface area (Å²) in [5, 5.41) is 7.25. The lowest BCUT2D eigenvalue weighted by Gasteiger charge is -2.28. The first-order chi connectivity index (χ1) is 12.6. The van der Waals surface area contributed by atoms with Crippen molar-refractivity contribution in [2.75, 3.05) is 13.1 Å². The second kappa shape index (κ2) is 9.15. The summed E-state index contributed by atoms with van der Waals surface area (Å²) >= 11 is 6.16. The van der Waals surface area contributed by atoms with Crippen molar-refractivity contribution >= 4 is 17.5 Å². The SMILES string of the molecule is CC(CC(=O)NC(c1cccc(Cl)c1)c1ccccn1)C1CCCNC1. The predicted octanol–water partition coefficient (Wildman–Crippen LogP) is 3.97. The summed E-state index contributed by atoms with van der Waals surface area (Å²) in [6, 6.07) is 13.0. The highest BCUT2D eigenvalue weighted by Gasteiger charge is 2.24. The third-order valence-electron chi connectivity index (χ3n) is 5.12. The molecule has 3 rings (SSSR count). The van der Waals surface area contributed by atoms with Crippen LogP contribution in [0.25, 0.3) is 0 Å². The van der Waals surface area contributed by atoms with E-state index in [0.29, 0.717) is 23.3 Å². The molecule has 1 aromatic heterocycles. The van der Waals surface area contributed by atoms with Gasteiger partial charge in [0.25, 0.3) is 0 Å². The van der Waals surface area contributed by atoms with Crippen molar-refractivity contribution in [2.45, 2.75) is 32.2 Å². The average molecular weight is 372 g/mol. The average Bonchev–Trinajstić information content (AvgIpc) is 2.67. The van der Waals surface area contributed by atoms with Gasteiger partial charge in [-0.05, 0) is 67.6 Å². The van der Waals surface area contributed by atoms with E-state index in [-0.39, 0.29) is 11.9 Å². The molecule has 1 aromatic carbocycles. The zero-order valence-corrected chi connectivity index (χ0v) is 15.9. The minimum atomic E-state index is -0.293. The topological polar surface area (TPSA) is 54.0 Å². The third kappa shape index (κ3) is 5.05. The summed E-state index contributed by atoms with van der Waals surface area (Å²) < 4.78 is 0. The van der Waals surface area contributed by atoms with E-state index in [1.54, 1.807) is 6.20 Å². The van der Waals surface area contributed by atoms with Gasteiger partial charge in [0, 0.05) is 17.6 Å². The first kappa shape index (κ1) is 18.9. The molecule has 138 valence electrons. The number of benzene rings is 1. The third-order valence-corrected chi connectivity index (χ3v) is 5.35. The highest BCUT2D eigenvalue weighted by molar-refractivity contribution is 6.30. The van der Waals surface area contributed by atoms with Gasteiger partial charge in [0.05, 0.1) is 11.7 Å². The highest BCUT2D eigenvalue weighted by atomic mass is 35.5. The van der Waals surface area contributed by atoms with E-state index < -0.39 is 0 Å². The van der Waals surface area contributed by atoms with Crippen molar-refractivity contribution in [3.8, 4) is 0 Å². The molecule has 5 heteroatoms. The molecular formula is C21H26ClN3O. The molecule has 0 saturated carbocycles. The van der Waals surface area contributed by atoms with Crippen molar-refractivity contribution in [2.24, 2.45) is 11.8 Å². The van der Waals surface area contributed by atoms with E-state index in [2.05, 4.69) is 22.5 Å². The molecule has 0 aliphatic carbocycles. The Hall–Kier alpha value is -1.91. The van der Waals surface area contributed by atoms with Gasteiger partial charge in [-0.2, -0.15) is 0 Å². The Morgan fingerprint density at radius 1 is 1.35 bits per heavy atom. The number of rotatable bonds is 6. The van der Waals surface area contributed by atoms with Gasteiger partial charge in [0.15, 0.2) is 0 Å². The van der Waals surface area contributed by atoms with E-state index in [9.17, 15) is 4.79 Å². The number of nitrogens with zero attached hydrogens (tertiary/aromatic N) is 1. The van der Waals surface area contributed by atoms with E-state index in [1.807, 2.05) is 42.5 Å². The Bertz CT molecular complexity index is 716. The summed E-state index contributed by atoms with van der Waals surface area (Å²) in [5.41, 5.74) is 1.76. The van der Waals surface area contributed by atoms with Crippen molar-refractivity contribution < 1.29 is 4.79 Å². The number of aromatic nitrogens is 1. The van der Waals surface area contributed by atoms with E-state index in [0.717, 1.165) is 24.3 Å². The van der Waals surface area contributed by atoms with Crippen LogP contribution < -0.4 is 10.6 Å². The second-order valence-electron chi connectivity index (χ2n) is 7.10. The lowest BCUT2D eigenvalue weighted by molar-refractivity contribution is -0.122. The molecule has 2 aromatic rings. The number of hydrogen-bond acceptors (Lipinski definition) is 3. The van der Waals surface area contributed by atoms with Crippen molar-refractivity contribution in [3.63, 3.8) is 0 Å². The number of hydrogen-bond donors (Lipinski definition) is 2. The maximum absolute atomic E-state index is 12.7. The van der Waals surface area contributed by atoms with Crippen LogP contribution in [0.2, 0.25) is 5.02 Å². The Kier molecular flexibility index (Phi) is 6.64. The van der Waals surface area contributed by atoms with Gasteiger partial charge in [-0.3, -0.25) is 9.78 Å². The Morgan fingerprint density at radius 2 is 2.23 bits per heavy atom. The van der Waals surface area contributed by atoms with Gasteiger partial charge in [-0.25, -0.2) is 0 Å². The molecule has 1 saturated heterocycles. The maximum Gasteiger partial charge on any atom is 0.221 e. The molecule has 1 fully saturated rings. The zero-order chi connectivity index (χ0) is 18.4. The molecule has 1 aliphatic rings. The van der Waals surface area contributed by atoms with E-state index in [4.69, 9.17) is 11.6 Å². The van der Waals surface area contributed by atoms with Crippen LogP contribution in [0.3, 0.4) is 0 Å². The first-order valence-corrected chi connectivity index (χ1v) is 9.68. The normalized spacial score (nSPS) is 19.5. The smallest absolute Gasteiger partial charge is 0.221 e. The van der Waals surface area contributed by atoms with Gasteiger partial charge < -0.3 is 10.6 Å². The van der Waals surface area contributed by atoms with E-state index in [1.165, 1.54) is 12.8 Å². The summed E-state index contributed by atoms with van der Waals surface area (Å²) in [6.07, 6.45) is 4.65. The van der Waals surface area contributed by atoms with Crippen LogP contribution >= 0.6 is 11.6 Å². The molecule has 1 amide bonds. The fourth-order valence-electron chi connectivity index (χ4n) is 3.60. The number of amides is 1. The van der Waals surface area contributed by atoms with Crippen LogP contribution in [0.1, 0.15) is 43.5 Å². The minimum Gasteiger partial charge on any atom is -0.344 e. The number of nitrogens with one attached hydrogen (secondary N) is 2. The summed E-state index contributed by atoms with van der Waals surface area (Å²) in [4.78, 5) is 17.2. The van der Waals surface area contributed by atoms with Gasteiger partial charge >= 0.3 is 0 Å². The van der Waals surface area contributed by atoms with Crippen LogP contribution in [0, 0.1) is 11.8 Å². The molecule has 26 heavy (non-hydrogen) atoms. The summed E-state index contributed by atoms with van der Waals surface area (Å²) in [5.74, 6) is 0.971.